The monoisotopic (exact) mass is 177 g/mol. The van der Waals surface area contributed by atoms with Gasteiger partial charge in [0, 0.05) is 0 Å². The van der Waals surface area contributed by atoms with Crippen LogP contribution < -0.4 is 5.73 Å². The van der Waals surface area contributed by atoms with Crippen LogP contribution in [0.1, 0.15) is 17.0 Å². The Morgan fingerprint density at radius 3 is 2.85 bits per heavy atom. The van der Waals surface area contributed by atoms with Gasteiger partial charge in [-0.3, -0.25) is 4.79 Å². The number of carbonyl (C=O) groups excluding carboxylic acids is 1. The summed E-state index contributed by atoms with van der Waals surface area (Å²) >= 11 is 0. The minimum atomic E-state index is -0.644. The molecule has 0 bridgehead atoms. The van der Waals surface area contributed by atoms with E-state index >= 15 is 0 Å². The summed E-state index contributed by atoms with van der Waals surface area (Å²) < 4.78 is 0. The van der Waals surface area contributed by atoms with Crippen LogP contribution in [0.5, 0.6) is 0 Å². The summed E-state index contributed by atoms with van der Waals surface area (Å²) in [6, 6.07) is 7.52. The Morgan fingerprint density at radius 2 is 2.15 bits per heavy atom. The van der Waals surface area contributed by atoms with Crippen molar-refractivity contribution in [3.63, 3.8) is 0 Å². The number of hydrogen-bond acceptors (Lipinski definition) is 2. The van der Waals surface area contributed by atoms with Gasteiger partial charge in [-0.25, -0.2) is 0 Å². The number of fused-ring (bicyclic) bond motifs is 1. The number of primary amides is 1. The molecule has 0 heterocycles. The number of nitrogens with two attached hydrogens (primary N) is 1. The first-order valence-electron chi connectivity index (χ1n) is 4.25. The summed E-state index contributed by atoms with van der Waals surface area (Å²) in [5.41, 5.74) is 7.11. The SMILES string of the molecule is NC(=O)C1c2ccccc2CC1O. The first-order valence-corrected chi connectivity index (χ1v) is 4.25. The van der Waals surface area contributed by atoms with Gasteiger partial charge in [0.2, 0.25) is 5.91 Å². The van der Waals surface area contributed by atoms with Gasteiger partial charge >= 0.3 is 0 Å². The Balaban J connectivity index is 2.46. The van der Waals surface area contributed by atoms with Gasteiger partial charge < -0.3 is 10.8 Å². The maximum Gasteiger partial charge on any atom is 0.227 e. The number of aliphatic hydroxyl groups excluding tert-OH is 1. The molecule has 68 valence electrons. The van der Waals surface area contributed by atoms with Crippen LogP contribution in [0.3, 0.4) is 0 Å². The minimum Gasteiger partial charge on any atom is -0.392 e. The number of hydrogen-bond donors (Lipinski definition) is 2. The molecule has 0 saturated heterocycles. The third-order valence-electron chi connectivity index (χ3n) is 2.51. The Bertz CT molecular complexity index is 349. The lowest BCUT2D eigenvalue weighted by atomic mass is 9.99. The largest absolute Gasteiger partial charge is 0.392 e. The minimum absolute atomic E-state index is 0.447. The zero-order chi connectivity index (χ0) is 9.42. The van der Waals surface area contributed by atoms with Gasteiger partial charge in [0.1, 0.15) is 0 Å². The van der Waals surface area contributed by atoms with E-state index in [1.165, 1.54) is 0 Å². The van der Waals surface area contributed by atoms with Crippen molar-refractivity contribution in [1.29, 1.82) is 0 Å². The van der Waals surface area contributed by atoms with E-state index in [1.54, 1.807) is 0 Å². The molecule has 1 aromatic carbocycles. The van der Waals surface area contributed by atoms with Crippen molar-refractivity contribution in [2.75, 3.05) is 0 Å². The second-order valence-corrected chi connectivity index (χ2v) is 3.35. The third-order valence-corrected chi connectivity index (χ3v) is 2.51. The van der Waals surface area contributed by atoms with E-state index in [0.717, 1.165) is 11.1 Å². The number of aliphatic hydroxyl groups is 1. The summed E-state index contributed by atoms with van der Waals surface area (Å²) in [5.74, 6) is -0.964. The average Bonchev–Trinajstić information content (AvgIpc) is 2.39. The molecule has 0 radical (unpaired) electrons. The second-order valence-electron chi connectivity index (χ2n) is 3.35. The molecule has 0 spiro atoms. The van der Waals surface area contributed by atoms with Crippen LogP contribution in [0.4, 0.5) is 0 Å². The van der Waals surface area contributed by atoms with E-state index in [1.807, 2.05) is 24.3 Å². The molecule has 3 N–H and O–H groups in total. The number of rotatable bonds is 1. The van der Waals surface area contributed by atoms with E-state index in [4.69, 9.17) is 5.73 Å². The maximum absolute atomic E-state index is 11.0. The molecule has 1 amide bonds. The molecule has 2 rings (SSSR count). The molecule has 1 aliphatic carbocycles. The van der Waals surface area contributed by atoms with Gasteiger partial charge in [0.05, 0.1) is 12.0 Å². The quantitative estimate of drug-likeness (QED) is 0.642. The van der Waals surface area contributed by atoms with Crippen LogP contribution in [0.25, 0.3) is 0 Å². The fraction of sp³-hybridized carbons (Fsp3) is 0.300. The van der Waals surface area contributed by atoms with Crippen LogP contribution in [0.15, 0.2) is 24.3 Å². The van der Waals surface area contributed by atoms with Crippen molar-refractivity contribution >= 4 is 5.91 Å². The molecular weight excluding hydrogens is 166 g/mol. The fourth-order valence-electron chi connectivity index (χ4n) is 1.92. The molecule has 3 nitrogen and oxygen atoms in total. The average molecular weight is 177 g/mol. The van der Waals surface area contributed by atoms with Crippen LogP contribution in [-0.2, 0) is 11.2 Å². The van der Waals surface area contributed by atoms with E-state index < -0.39 is 17.9 Å². The number of carbonyl (C=O) groups is 1. The van der Waals surface area contributed by atoms with Gasteiger partial charge in [-0.15, -0.1) is 0 Å². The maximum atomic E-state index is 11.0. The predicted molar refractivity (Wildman–Crippen MR) is 48.1 cm³/mol. The molecule has 13 heavy (non-hydrogen) atoms. The Morgan fingerprint density at radius 1 is 1.46 bits per heavy atom. The van der Waals surface area contributed by atoms with E-state index in [-0.39, 0.29) is 0 Å². The Hall–Kier alpha value is -1.35. The summed E-state index contributed by atoms with van der Waals surface area (Å²) in [6.45, 7) is 0. The molecule has 2 unspecified atom stereocenters. The van der Waals surface area contributed by atoms with E-state index in [2.05, 4.69) is 0 Å². The number of benzene rings is 1. The molecular formula is C10H11NO2. The smallest absolute Gasteiger partial charge is 0.227 e. The van der Waals surface area contributed by atoms with Crippen LogP contribution in [-0.4, -0.2) is 17.1 Å². The van der Waals surface area contributed by atoms with E-state index in [0.29, 0.717) is 6.42 Å². The lowest BCUT2D eigenvalue weighted by molar-refractivity contribution is -0.121. The highest BCUT2D eigenvalue weighted by atomic mass is 16.3. The second kappa shape index (κ2) is 2.85. The summed E-state index contributed by atoms with van der Waals surface area (Å²) in [4.78, 5) is 11.0. The molecule has 2 atom stereocenters. The van der Waals surface area contributed by atoms with Crippen LogP contribution in [0.2, 0.25) is 0 Å². The molecule has 0 fully saturated rings. The predicted octanol–water partition coefficient (Wildman–Crippen LogP) is 0.173. The Labute approximate surface area is 76.2 Å². The molecule has 1 aromatic rings. The lowest BCUT2D eigenvalue weighted by Crippen LogP contribution is -2.28. The molecule has 3 heteroatoms. The van der Waals surface area contributed by atoms with Crippen molar-refractivity contribution in [3.8, 4) is 0 Å². The summed E-state index contributed by atoms with van der Waals surface area (Å²) in [6.07, 6.45) is -0.112. The normalized spacial score (nSPS) is 25.6. The highest BCUT2D eigenvalue weighted by Crippen LogP contribution is 2.32. The highest BCUT2D eigenvalue weighted by molar-refractivity contribution is 5.84. The molecule has 1 aliphatic rings. The van der Waals surface area contributed by atoms with Crippen LogP contribution in [0, 0.1) is 0 Å². The molecule has 0 aromatic heterocycles. The van der Waals surface area contributed by atoms with Gasteiger partial charge in [-0.05, 0) is 17.5 Å². The van der Waals surface area contributed by atoms with Crippen molar-refractivity contribution in [3.05, 3.63) is 35.4 Å². The van der Waals surface area contributed by atoms with Crippen molar-refractivity contribution in [2.45, 2.75) is 18.4 Å². The van der Waals surface area contributed by atoms with Gasteiger partial charge in [0.15, 0.2) is 0 Å². The van der Waals surface area contributed by atoms with E-state index in [9.17, 15) is 9.90 Å². The highest BCUT2D eigenvalue weighted by Gasteiger charge is 2.34. The Kier molecular flexibility index (Phi) is 1.81. The molecule has 0 saturated carbocycles. The first-order chi connectivity index (χ1) is 6.20. The van der Waals surface area contributed by atoms with Crippen molar-refractivity contribution < 1.29 is 9.90 Å². The van der Waals surface area contributed by atoms with Gasteiger partial charge in [-0.1, -0.05) is 24.3 Å². The summed E-state index contributed by atoms with van der Waals surface area (Å²) in [7, 11) is 0. The first kappa shape index (κ1) is 8.26. The van der Waals surface area contributed by atoms with Crippen molar-refractivity contribution in [2.24, 2.45) is 5.73 Å². The van der Waals surface area contributed by atoms with Gasteiger partial charge in [0.25, 0.3) is 0 Å². The van der Waals surface area contributed by atoms with Gasteiger partial charge in [-0.2, -0.15) is 0 Å². The topological polar surface area (TPSA) is 63.3 Å². The fourth-order valence-corrected chi connectivity index (χ4v) is 1.92. The molecule has 0 aliphatic heterocycles. The van der Waals surface area contributed by atoms with Crippen LogP contribution >= 0.6 is 0 Å². The summed E-state index contributed by atoms with van der Waals surface area (Å²) in [5, 5.41) is 9.58. The standard InChI is InChI=1S/C10H11NO2/c11-10(13)9-7-4-2-1-3-6(7)5-8(9)12/h1-4,8-9,12H,5H2,(H2,11,13). The van der Waals surface area contributed by atoms with Crippen molar-refractivity contribution in [1.82, 2.24) is 0 Å². The zero-order valence-electron chi connectivity index (χ0n) is 7.10. The lowest BCUT2D eigenvalue weighted by Gasteiger charge is -2.10. The third kappa shape index (κ3) is 1.21. The number of amides is 1. The zero-order valence-corrected chi connectivity index (χ0v) is 7.10.